The van der Waals surface area contributed by atoms with Crippen molar-refractivity contribution >= 4 is 33.2 Å². The van der Waals surface area contributed by atoms with E-state index in [0.29, 0.717) is 6.54 Å². The summed E-state index contributed by atoms with van der Waals surface area (Å²) in [6.07, 6.45) is 0.0985. The summed E-state index contributed by atoms with van der Waals surface area (Å²) in [5.74, 6) is -0.0332. The summed E-state index contributed by atoms with van der Waals surface area (Å²) >= 11 is 4.80. The van der Waals surface area contributed by atoms with Crippen LogP contribution in [0.15, 0.2) is 15.9 Å². The Morgan fingerprint density at radius 2 is 2.56 bits per heavy atom. The number of morpholine rings is 1. The third-order valence-electron chi connectivity index (χ3n) is 2.98. The van der Waals surface area contributed by atoms with Gasteiger partial charge in [0.2, 0.25) is 0 Å². The largest absolute Gasteiger partial charge is 0.374 e. The zero-order chi connectivity index (χ0) is 13.0. The van der Waals surface area contributed by atoms with Gasteiger partial charge in [-0.15, -0.1) is 11.3 Å². The van der Waals surface area contributed by atoms with Crippen molar-refractivity contribution in [2.75, 3.05) is 32.8 Å². The molecule has 0 aliphatic carbocycles. The van der Waals surface area contributed by atoms with Crippen molar-refractivity contribution in [1.29, 1.82) is 0 Å². The van der Waals surface area contributed by atoms with E-state index in [1.54, 1.807) is 0 Å². The second-order valence-electron chi connectivity index (χ2n) is 4.19. The van der Waals surface area contributed by atoms with Crippen molar-refractivity contribution in [1.82, 2.24) is 10.2 Å². The van der Waals surface area contributed by atoms with Gasteiger partial charge in [-0.3, -0.25) is 9.69 Å². The molecule has 1 atom stereocenters. The Labute approximate surface area is 119 Å². The fraction of sp³-hybridized carbons (Fsp3) is 0.583. The fourth-order valence-corrected chi connectivity index (χ4v) is 3.40. The Balaban J connectivity index is 1.81. The van der Waals surface area contributed by atoms with Crippen LogP contribution in [0.2, 0.25) is 0 Å². The average molecular weight is 333 g/mol. The van der Waals surface area contributed by atoms with Gasteiger partial charge in [0, 0.05) is 24.1 Å². The molecule has 0 bridgehead atoms. The number of amides is 1. The van der Waals surface area contributed by atoms with E-state index in [9.17, 15) is 4.79 Å². The first-order valence-corrected chi connectivity index (χ1v) is 7.73. The first-order valence-electron chi connectivity index (χ1n) is 6.06. The third-order valence-corrected chi connectivity index (χ3v) is 4.82. The second-order valence-corrected chi connectivity index (χ2v) is 5.96. The van der Waals surface area contributed by atoms with E-state index in [1.807, 2.05) is 11.4 Å². The molecule has 1 N–H and O–H groups in total. The quantitative estimate of drug-likeness (QED) is 0.916. The lowest BCUT2D eigenvalue weighted by Gasteiger charge is -2.32. The first kappa shape index (κ1) is 14.0. The molecule has 1 aliphatic rings. The maximum Gasteiger partial charge on any atom is 0.262 e. The molecule has 1 amide bonds. The summed E-state index contributed by atoms with van der Waals surface area (Å²) in [4.78, 5) is 15.0. The van der Waals surface area contributed by atoms with Crippen LogP contribution in [0.5, 0.6) is 0 Å². The van der Waals surface area contributed by atoms with Crippen LogP contribution in [-0.2, 0) is 4.74 Å². The molecule has 18 heavy (non-hydrogen) atoms. The van der Waals surface area contributed by atoms with E-state index >= 15 is 0 Å². The highest BCUT2D eigenvalue weighted by Crippen LogP contribution is 2.22. The maximum absolute atomic E-state index is 11.9. The van der Waals surface area contributed by atoms with Gasteiger partial charge in [0.05, 0.1) is 12.7 Å². The summed E-state index contributed by atoms with van der Waals surface area (Å²) in [7, 11) is 0. The van der Waals surface area contributed by atoms with Crippen LogP contribution in [0.1, 0.15) is 16.6 Å². The topological polar surface area (TPSA) is 41.6 Å². The number of ether oxygens (including phenoxy) is 1. The van der Waals surface area contributed by atoms with Crippen LogP contribution in [-0.4, -0.2) is 49.7 Å². The van der Waals surface area contributed by atoms with E-state index < -0.39 is 0 Å². The minimum absolute atomic E-state index is 0.0332. The van der Waals surface area contributed by atoms with Gasteiger partial charge >= 0.3 is 0 Å². The van der Waals surface area contributed by atoms with Gasteiger partial charge in [0.25, 0.3) is 5.91 Å². The Kier molecular flexibility index (Phi) is 5.17. The van der Waals surface area contributed by atoms with Gasteiger partial charge in [-0.25, -0.2) is 0 Å². The van der Waals surface area contributed by atoms with E-state index in [2.05, 4.69) is 33.1 Å². The number of thiophene rings is 1. The Morgan fingerprint density at radius 1 is 1.72 bits per heavy atom. The number of halogens is 1. The minimum Gasteiger partial charge on any atom is -0.374 e. The molecule has 100 valence electrons. The Hall–Kier alpha value is -0.430. The lowest BCUT2D eigenvalue weighted by Crippen LogP contribution is -2.47. The standard InChI is InChI=1S/C12H17BrN2O2S/c1-2-15-4-5-17-9(8-15)7-14-12(16)11-10(13)3-6-18-11/h3,6,9H,2,4-5,7-8H2,1H3,(H,14,16). The van der Waals surface area contributed by atoms with E-state index in [1.165, 1.54) is 11.3 Å². The van der Waals surface area contributed by atoms with Crippen molar-refractivity contribution in [3.63, 3.8) is 0 Å². The molecule has 1 unspecified atom stereocenters. The summed E-state index contributed by atoms with van der Waals surface area (Å²) < 4.78 is 6.49. The number of hydrogen-bond acceptors (Lipinski definition) is 4. The van der Waals surface area contributed by atoms with Crippen LogP contribution in [0.3, 0.4) is 0 Å². The molecule has 0 saturated carbocycles. The number of nitrogens with one attached hydrogen (secondary N) is 1. The smallest absolute Gasteiger partial charge is 0.262 e. The molecule has 1 aromatic heterocycles. The highest BCUT2D eigenvalue weighted by Gasteiger charge is 2.20. The molecule has 1 saturated heterocycles. The van der Waals surface area contributed by atoms with Crippen molar-refractivity contribution in [2.45, 2.75) is 13.0 Å². The normalized spacial score (nSPS) is 20.9. The van der Waals surface area contributed by atoms with Gasteiger partial charge < -0.3 is 10.1 Å². The van der Waals surface area contributed by atoms with Crippen LogP contribution in [0.25, 0.3) is 0 Å². The predicted octanol–water partition coefficient (Wildman–Crippen LogP) is 1.96. The van der Waals surface area contributed by atoms with E-state index in [0.717, 1.165) is 35.6 Å². The summed E-state index contributed by atoms with van der Waals surface area (Å²) in [5.41, 5.74) is 0. The zero-order valence-corrected chi connectivity index (χ0v) is 12.7. The minimum atomic E-state index is -0.0332. The molecule has 1 aliphatic heterocycles. The molecule has 0 radical (unpaired) electrons. The van der Waals surface area contributed by atoms with Crippen molar-refractivity contribution in [3.8, 4) is 0 Å². The number of carbonyl (C=O) groups is 1. The van der Waals surface area contributed by atoms with Gasteiger partial charge in [0.1, 0.15) is 4.88 Å². The number of carbonyl (C=O) groups excluding carboxylic acids is 1. The zero-order valence-electron chi connectivity index (χ0n) is 10.3. The predicted molar refractivity (Wildman–Crippen MR) is 76.2 cm³/mol. The summed E-state index contributed by atoms with van der Waals surface area (Å²) in [6.45, 7) is 6.37. The molecule has 0 spiro atoms. The highest BCUT2D eigenvalue weighted by atomic mass is 79.9. The lowest BCUT2D eigenvalue weighted by molar-refractivity contribution is -0.0245. The van der Waals surface area contributed by atoms with Crippen molar-refractivity contribution in [2.24, 2.45) is 0 Å². The number of hydrogen-bond donors (Lipinski definition) is 1. The van der Waals surface area contributed by atoms with E-state index in [-0.39, 0.29) is 12.0 Å². The first-order chi connectivity index (χ1) is 8.70. The van der Waals surface area contributed by atoms with Crippen LogP contribution >= 0.6 is 27.3 Å². The monoisotopic (exact) mass is 332 g/mol. The second kappa shape index (κ2) is 6.65. The van der Waals surface area contributed by atoms with Crippen molar-refractivity contribution in [3.05, 3.63) is 20.8 Å². The molecule has 6 heteroatoms. The molecule has 4 nitrogen and oxygen atoms in total. The highest BCUT2D eigenvalue weighted by molar-refractivity contribution is 9.10. The van der Waals surface area contributed by atoms with Gasteiger partial charge in [-0.1, -0.05) is 6.92 Å². The van der Waals surface area contributed by atoms with E-state index in [4.69, 9.17) is 4.74 Å². The van der Waals surface area contributed by atoms with Gasteiger partial charge in [-0.05, 0) is 33.9 Å². The average Bonchev–Trinajstić information content (AvgIpc) is 2.82. The number of likely N-dealkylation sites (N-methyl/N-ethyl adjacent to an activating group) is 1. The molecule has 0 aromatic carbocycles. The lowest BCUT2D eigenvalue weighted by atomic mass is 10.2. The molecule has 2 rings (SSSR count). The molecular formula is C12H17BrN2O2S. The molecule has 1 fully saturated rings. The Morgan fingerprint density at radius 3 is 3.22 bits per heavy atom. The van der Waals surface area contributed by atoms with Crippen LogP contribution < -0.4 is 5.32 Å². The summed E-state index contributed by atoms with van der Waals surface area (Å²) in [6, 6.07) is 1.88. The Bertz CT molecular complexity index is 411. The SMILES string of the molecule is CCN1CCOC(CNC(=O)c2sccc2Br)C1. The fourth-order valence-electron chi connectivity index (χ4n) is 1.93. The number of rotatable bonds is 4. The molecule has 1 aromatic rings. The molecule has 2 heterocycles. The van der Waals surface area contributed by atoms with Gasteiger partial charge in [-0.2, -0.15) is 0 Å². The maximum atomic E-state index is 11.9. The van der Waals surface area contributed by atoms with Gasteiger partial charge in [0.15, 0.2) is 0 Å². The van der Waals surface area contributed by atoms with Crippen LogP contribution in [0, 0.1) is 0 Å². The number of nitrogens with zero attached hydrogens (tertiary/aromatic N) is 1. The third kappa shape index (κ3) is 3.54. The van der Waals surface area contributed by atoms with Crippen LogP contribution in [0.4, 0.5) is 0 Å². The van der Waals surface area contributed by atoms with Crippen molar-refractivity contribution < 1.29 is 9.53 Å². The summed E-state index contributed by atoms with van der Waals surface area (Å²) in [5, 5.41) is 4.83. The molecular weight excluding hydrogens is 316 g/mol.